The molecule has 6 nitrogen and oxygen atoms in total. The van der Waals surface area contributed by atoms with Gasteiger partial charge in [0.05, 0.1) is 5.56 Å². The number of nitrogens with zero attached hydrogens (tertiary/aromatic N) is 1. The fraction of sp³-hybridized carbons (Fsp3) is 0. The first kappa shape index (κ1) is 11.7. The van der Waals surface area contributed by atoms with E-state index in [-0.39, 0.29) is 16.2 Å². The lowest BCUT2D eigenvalue weighted by molar-refractivity contribution is 0.0694. The topological polar surface area (TPSA) is 88.8 Å². The Balaban J connectivity index is 2.44. The Bertz CT molecular complexity index is 633. The van der Waals surface area contributed by atoms with Gasteiger partial charge >= 0.3 is 5.97 Å². The number of rotatable bonds is 3. The van der Waals surface area contributed by atoms with Gasteiger partial charge in [0.15, 0.2) is 0 Å². The number of hydrogen-bond acceptors (Lipinski definition) is 4. The lowest BCUT2D eigenvalue weighted by atomic mass is 10.2. The van der Waals surface area contributed by atoms with Crippen LogP contribution < -0.4 is 10.3 Å². The van der Waals surface area contributed by atoms with Crippen molar-refractivity contribution < 1.29 is 19.8 Å². The molecule has 1 aromatic heterocycles. The summed E-state index contributed by atoms with van der Waals surface area (Å²) >= 11 is 0. The molecule has 2 N–H and O–H groups in total. The number of carbonyl (C=O) groups is 1. The van der Waals surface area contributed by atoms with Crippen molar-refractivity contribution in [3.8, 4) is 11.6 Å². The van der Waals surface area contributed by atoms with Gasteiger partial charge in [0.25, 0.3) is 5.56 Å². The van der Waals surface area contributed by atoms with Crippen LogP contribution in [0.2, 0.25) is 0 Å². The first-order valence-electron chi connectivity index (χ1n) is 5.00. The van der Waals surface area contributed by atoms with E-state index in [1.54, 1.807) is 30.3 Å². The van der Waals surface area contributed by atoms with E-state index in [1.807, 2.05) is 0 Å². The second kappa shape index (κ2) is 4.62. The quantitative estimate of drug-likeness (QED) is 0.804. The van der Waals surface area contributed by atoms with Crippen molar-refractivity contribution >= 4 is 5.97 Å². The Morgan fingerprint density at radius 2 is 1.83 bits per heavy atom. The average Bonchev–Trinajstić information content (AvgIpc) is 2.35. The Morgan fingerprint density at radius 1 is 1.17 bits per heavy atom. The molecule has 0 radical (unpaired) electrons. The van der Waals surface area contributed by atoms with Crippen LogP contribution in [0.1, 0.15) is 10.4 Å². The second-order valence-electron chi connectivity index (χ2n) is 3.45. The van der Waals surface area contributed by atoms with Crippen LogP contribution in [0.25, 0.3) is 0 Å². The van der Waals surface area contributed by atoms with Gasteiger partial charge in [-0.25, -0.2) is 4.79 Å². The maximum Gasteiger partial charge on any atom is 0.336 e. The van der Waals surface area contributed by atoms with E-state index in [0.29, 0.717) is 5.75 Å². The number of para-hydroxylation sites is 1. The monoisotopic (exact) mass is 247 g/mol. The maximum atomic E-state index is 11.3. The van der Waals surface area contributed by atoms with Crippen molar-refractivity contribution in [3.63, 3.8) is 0 Å². The average molecular weight is 247 g/mol. The number of aromatic nitrogens is 1. The molecule has 2 aromatic rings. The smallest absolute Gasteiger partial charge is 0.336 e. The van der Waals surface area contributed by atoms with Gasteiger partial charge in [0, 0.05) is 12.1 Å². The van der Waals surface area contributed by atoms with E-state index in [2.05, 4.69) is 0 Å². The maximum absolute atomic E-state index is 11.3. The molecule has 0 unspecified atom stereocenters. The van der Waals surface area contributed by atoms with Crippen LogP contribution in [0.3, 0.4) is 0 Å². The summed E-state index contributed by atoms with van der Waals surface area (Å²) < 4.78 is 5.48. The van der Waals surface area contributed by atoms with Crippen LogP contribution in [-0.4, -0.2) is 21.0 Å². The predicted molar refractivity (Wildman–Crippen MR) is 61.4 cm³/mol. The summed E-state index contributed by atoms with van der Waals surface area (Å²) in [5, 5.41) is 18.3. The van der Waals surface area contributed by atoms with Crippen LogP contribution in [0.15, 0.2) is 47.3 Å². The van der Waals surface area contributed by atoms with Gasteiger partial charge in [-0.3, -0.25) is 4.79 Å². The first-order valence-corrected chi connectivity index (χ1v) is 5.00. The van der Waals surface area contributed by atoms with Crippen molar-refractivity contribution in [1.29, 1.82) is 0 Å². The first-order chi connectivity index (χ1) is 8.58. The molecule has 0 aliphatic rings. The standard InChI is InChI=1S/C12H9NO5/c14-10-6-8(12(15)16)7-11(13(10)17)18-9-4-2-1-3-5-9/h1-7,17H,(H,15,16). The highest BCUT2D eigenvalue weighted by Gasteiger charge is 2.12. The van der Waals surface area contributed by atoms with Crippen molar-refractivity contribution in [1.82, 2.24) is 4.73 Å². The zero-order chi connectivity index (χ0) is 13.1. The molecule has 0 bridgehead atoms. The molecule has 0 fully saturated rings. The minimum absolute atomic E-state index is 0.249. The van der Waals surface area contributed by atoms with Crippen molar-refractivity contribution in [3.05, 3.63) is 58.4 Å². The van der Waals surface area contributed by atoms with Gasteiger partial charge in [0.1, 0.15) is 5.75 Å². The highest BCUT2D eigenvalue weighted by atomic mass is 16.6. The Labute approximate surface area is 101 Å². The van der Waals surface area contributed by atoms with Crippen LogP contribution in [0.5, 0.6) is 11.6 Å². The molecular weight excluding hydrogens is 238 g/mol. The van der Waals surface area contributed by atoms with E-state index in [1.165, 1.54) is 0 Å². The number of benzene rings is 1. The molecule has 2 rings (SSSR count). The van der Waals surface area contributed by atoms with Crippen LogP contribution in [-0.2, 0) is 0 Å². The third kappa shape index (κ3) is 2.32. The summed E-state index contributed by atoms with van der Waals surface area (Å²) in [6.07, 6.45) is 0. The van der Waals surface area contributed by atoms with Gasteiger partial charge < -0.3 is 15.1 Å². The summed E-state index contributed by atoms with van der Waals surface area (Å²) in [7, 11) is 0. The molecule has 0 spiro atoms. The lowest BCUT2D eigenvalue weighted by Crippen LogP contribution is -2.20. The Morgan fingerprint density at radius 3 is 2.44 bits per heavy atom. The van der Waals surface area contributed by atoms with Gasteiger partial charge in [-0.1, -0.05) is 18.2 Å². The highest BCUT2D eigenvalue weighted by molar-refractivity contribution is 5.87. The van der Waals surface area contributed by atoms with E-state index >= 15 is 0 Å². The van der Waals surface area contributed by atoms with Crippen molar-refractivity contribution in [2.45, 2.75) is 0 Å². The molecule has 18 heavy (non-hydrogen) atoms. The molecule has 0 amide bonds. The summed E-state index contributed by atoms with van der Waals surface area (Å²) in [4.78, 5) is 22.1. The normalized spacial score (nSPS) is 10.0. The van der Waals surface area contributed by atoms with Gasteiger partial charge in [-0.2, -0.15) is 0 Å². The lowest BCUT2D eigenvalue weighted by Gasteiger charge is -2.08. The summed E-state index contributed by atoms with van der Waals surface area (Å²) in [6, 6.07) is 10.3. The van der Waals surface area contributed by atoms with E-state index in [4.69, 9.17) is 9.84 Å². The molecule has 1 heterocycles. The third-order valence-electron chi connectivity index (χ3n) is 2.19. The van der Waals surface area contributed by atoms with Crippen LogP contribution >= 0.6 is 0 Å². The molecule has 6 heteroatoms. The van der Waals surface area contributed by atoms with E-state index < -0.39 is 11.5 Å². The number of carboxylic acid groups (broad SMARTS) is 1. The fourth-order valence-corrected chi connectivity index (χ4v) is 1.34. The number of pyridine rings is 1. The fourth-order valence-electron chi connectivity index (χ4n) is 1.34. The summed E-state index contributed by atoms with van der Waals surface area (Å²) in [6.45, 7) is 0. The molecule has 0 saturated carbocycles. The highest BCUT2D eigenvalue weighted by Crippen LogP contribution is 2.19. The third-order valence-corrected chi connectivity index (χ3v) is 2.19. The minimum Gasteiger partial charge on any atom is -0.478 e. The number of ether oxygens (including phenoxy) is 1. The molecule has 92 valence electrons. The SMILES string of the molecule is O=C(O)c1cc(Oc2ccccc2)n(O)c(=O)c1. The number of carboxylic acids is 1. The summed E-state index contributed by atoms with van der Waals surface area (Å²) in [5.74, 6) is -1.15. The zero-order valence-electron chi connectivity index (χ0n) is 9.11. The minimum atomic E-state index is -1.27. The molecule has 1 aromatic carbocycles. The number of aromatic carboxylic acids is 1. The number of hydrogen-bond donors (Lipinski definition) is 2. The van der Waals surface area contributed by atoms with Gasteiger partial charge in [-0.15, -0.1) is 4.73 Å². The molecular formula is C12H9NO5. The Kier molecular flexibility index (Phi) is 3.01. The van der Waals surface area contributed by atoms with Gasteiger partial charge in [0.2, 0.25) is 5.88 Å². The van der Waals surface area contributed by atoms with Crippen molar-refractivity contribution in [2.75, 3.05) is 0 Å². The van der Waals surface area contributed by atoms with Gasteiger partial charge in [-0.05, 0) is 12.1 Å². The molecule has 0 atom stereocenters. The van der Waals surface area contributed by atoms with E-state index in [0.717, 1.165) is 12.1 Å². The van der Waals surface area contributed by atoms with Crippen molar-refractivity contribution in [2.24, 2.45) is 0 Å². The Hall–Kier alpha value is -2.76. The van der Waals surface area contributed by atoms with Crippen LogP contribution in [0, 0.1) is 0 Å². The van der Waals surface area contributed by atoms with Crippen LogP contribution in [0.4, 0.5) is 0 Å². The zero-order valence-corrected chi connectivity index (χ0v) is 9.11. The molecule has 0 aliphatic carbocycles. The van der Waals surface area contributed by atoms with E-state index in [9.17, 15) is 14.8 Å². The predicted octanol–water partition coefficient (Wildman–Crippen LogP) is 1.58. The molecule has 0 saturated heterocycles. The summed E-state index contributed by atoms with van der Waals surface area (Å²) in [5.41, 5.74) is -1.13. The largest absolute Gasteiger partial charge is 0.478 e. The molecule has 0 aliphatic heterocycles. The second-order valence-corrected chi connectivity index (χ2v) is 3.45.